The van der Waals surface area contributed by atoms with Gasteiger partial charge in [0.1, 0.15) is 0 Å². The van der Waals surface area contributed by atoms with Gasteiger partial charge < -0.3 is 9.67 Å². The number of carboxylic acids is 1. The van der Waals surface area contributed by atoms with Gasteiger partial charge in [0.25, 0.3) is 0 Å². The van der Waals surface area contributed by atoms with Crippen LogP contribution in [0.15, 0.2) is 48.5 Å². The Morgan fingerprint density at radius 3 is 2.68 bits per heavy atom. The molecule has 22 heavy (non-hydrogen) atoms. The van der Waals surface area contributed by atoms with Gasteiger partial charge in [-0.05, 0) is 29.5 Å². The SMILES string of the molecule is O=C(O)Cc1c(-c2ccccc2)n2c3c(cccc13)CCC2. The molecule has 3 aromatic rings. The summed E-state index contributed by atoms with van der Waals surface area (Å²) in [6.07, 6.45) is 2.24. The molecule has 1 N–H and O–H groups in total. The lowest BCUT2D eigenvalue weighted by atomic mass is 10.0. The molecule has 0 saturated heterocycles. The van der Waals surface area contributed by atoms with Crippen molar-refractivity contribution in [1.29, 1.82) is 0 Å². The summed E-state index contributed by atoms with van der Waals surface area (Å²) >= 11 is 0. The van der Waals surface area contributed by atoms with E-state index >= 15 is 0 Å². The smallest absolute Gasteiger partial charge is 0.307 e. The molecular weight excluding hydrogens is 274 g/mol. The standard InChI is InChI=1S/C19H17NO2/c21-17(22)12-16-15-10-4-8-14-9-5-11-20(18(14)15)19(16)13-6-2-1-3-7-13/h1-4,6-8,10H,5,9,11-12H2,(H,21,22). The van der Waals surface area contributed by atoms with Crippen molar-refractivity contribution in [1.82, 2.24) is 4.57 Å². The van der Waals surface area contributed by atoms with E-state index in [0.29, 0.717) is 0 Å². The summed E-state index contributed by atoms with van der Waals surface area (Å²) in [5.41, 5.74) is 5.67. The Morgan fingerprint density at radius 1 is 1.09 bits per heavy atom. The van der Waals surface area contributed by atoms with Crippen LogP contribution in [0.5, 0.6) is 0 Å². The number of hydrogen-bond acceptors (Lipinski definition) is 1. The van der Waals surface area contributed by atoms with E-state index in [2.05, 4.69) is 28.8 Å². The minimum absolute atomic E-state index is 0.0666. The molecule has 3 nitrogen and oxygen atoms in total. The highest BCUT2D eigenvalue weighted by Crippen LogP contribution is 2.38. The highest BCUT2D eigenvalue weighted by molar-refractivity contribution is 5.96. The summed E-state index contributed by atoms with van der Waals surface area (Å²) in [7, 11) is 0. The third-order valence-electron chi connectivity index (χ3n) is 4.47. The maximum absolute atomic E-state index is 11.4. The molecule has 3 heteroatoms. The lowest BCUT2D eigenvalue weighted by Gasteiger charge is -2.18. The predicted molar refractivity (Wildman–Crippen MR) is 87.0 cm³/mol. The fourth-order valence-corrected chi connectivity index (χ4v) is 3.67. The monoisotopic (exact) mass is 291 g/mol. The molecule has 0 spiro atoms. The van der Waals surface area contributed by atoms with Crippen LogP contribution < -0.4 is 0 Å². The number of para-hydroxylation sites is 1. The highest BCUT2D eigenvalue weighted by Gasteiger charge is 2.23. The van der Waals surface area contributed by atoms with Gasteiger partial charge in [-0.1, -0.05) is 48.5 Å². The molecule has 1 aromatic heterocycles. The number of nitrogens with zero attached hydrogens (tertiary/aromatic N) is 1. The molecule has 0 fully saturated rings. The zero-order valence-electron chi connectivity index (χ0n) is 12.2. The maximum atomic E-state index is 11.4. The van der Waals surface area contributed by atoms with E-state index < -0.39 is 5.97 Å². The molecule has 2 aromatic carbocycles. The van der Waals surface area contributed by atoms with Crippen LogP contribution in [-0.4, -0.2) is 15.6 Å². The summed E-state index contributed by atoms with van der Waals surface area (Å²) in [5.74, 6) is -0.777. The second-order valence-electron chi connectivity index (χ2n) is 5.83. The summed E-state index contributed by atoms with van der Waals surface area (Å²) in [4.78, 5) is 11.4. The Morgan fingerprint density at radius 2 is 1.91 bits per heavy atom. The predicted octanol–water partition coefficient (Wildman–Crippen LogP) is 3.88. The molecule has 0 unspecified atom stereocenters. The maximum Gasteiger partial charge on any atom is 0.307 e. The van der Waals surface area contributed by atoms with Gasteiger partial charge in [0.2, 0.25) is 0 Å². The molecule has 0 atom stereocenters. The van der Waals surface area contributed by atoms with Gasteiger partial charge in [0, 0.05) is 11.9 Å². The molecule has 0 radical (unpaired) electrons. The molecule has 0 saturated carbocycles. The van der Waals surface area contributed by atoms with E-state index in [4.69, 9.17) is 0 Å². The fourth-order valence-electron chi connectivity index (χ4n) is 3.67. The topological polar surface area (TPSA) is 42.2 Å². The number of benzene rings is 2. The van der Waals surface area contributed by atoms with Crippen molar-refractivity contribution in [2.45, 2.75) is 25.8 Å². The Balaban J connectivity index is 2.10. The number of carboxylic acid groups (broad SMARTS) is 1. The first-order valence-electron chi connectivity index (χ1n) is 7.66. The van der Waals surface area contributed by atoms with Gasteiger partial charge >= 0.3 is 5.97 Å². The van der Waals surface area contributed by atoms with E-state index in [9.17, 15) is 9.90 Å². The van der Waals surface area contributed by atoms with Gasteiger partial charge in [0.15, 0.2) is 0 Å². The van der Waals surface area contributed by atoms with Gasteiger partial charge in [-0.3, -0.25) is 4.79 Å². The third kappa shape index (κ3) is 1.93. The first-order valence-corrected chi connectivity index (χ1v) is 7.66. The van der Waals surface area contributed by atoms with E-state index in [1.165, 1.54) is 11.1 Å². The van der Waals surface area contributed by atoms with Crippen molar-refractivity contribution in [3.05, 3.63) is 59.7 Å². The first-order chi connectivity index (χ1) is 10.8. The number of aromatic nitrogens is 1. The second-order valence-corrected chi connectivity index (χ2v) is 5.83. The van der Waals surface area contributed by atoms with E-state index in [1.54, 1.807) is 0 Å². The van der Waals surface area contributed by atoms with Crippen LogP contribution in [0.3, 0.4) is 0 Å². The third-order valence-corrected chi connectivity index (χ3v) is 4.47. The zero-order valence-corrected chi connectivity index (χ0v) is 12.2. The van der Waals surface area contributed by atoms with E-state index in [1.807, 2.05) is 24.3 Å². The number of rotatable bonds is 3. The van der Waals surface area contributed by atoms with Crippen LogP contribution in [-0.2, 0) is 24.2 Å². The number of aryl methyl sites for hydroxylation is 2. The summed E-state index contributed by atoms with van der Waals surface area (Å²) in [5, 5.41) is 10.5. The van der Waals surface area contributed by atoms with Crippen molar-refractivity contribution in [3.8, 4) is 11.3 Å². The van der Waals surface area contributed by atoms with Crippen molar-refractivity contribution < 1.29 is 9.90 Å². The largest absolute Gasteiger partial charge is 0.481 e. The minimum Gasteiger partial charge on any atom is -0.481 e. The normalized spacial score (nSPS) is 13.5. The summed E-state index contributed by atoms with van der Waals surface area (Å²) in [6.45, 7) is 0.956. The Kier molecular flexibility index (Phi) is 3.00. The Labute approximate surface area is 128 Å². The minimum atomic E-state index is -0.777. The highest BCUT2D eigenvalue weighted by atomic mass is 16.4. The number of hydrogen-bond donors (Lipinski definition) is 1. The van der Waals surface area contributed by atoms with Crippen LogP contribution >= 0.6 is 0 Å². The van der Waals surface area contributed by atoms with Gasteiger partial charge in [-0.15, -0.1) is 0 Å². The van der Waals surface area contributed by atoms with E-state index in [-0.39, 0.29) is 6.42 Å². The quantitative estimate of drug-likeness (QED) is 0.795. The lowest BCUT2D eigenvalue weighted by molar-refractivity contribution is -0.136. The molecule has 0 amide bonds. The second kappa shape index (κ2) is 5.02. The van der Waals surface area contributed by atoms with Crippen LogP contribution in [0.25, 0.3) is 22.2 Å². The molecule has 0 bridgehead atoms. The molecule has 1 aliphatic heterocycles. The van der Waals surface area contributed by atoms with Gasteiger partial charge in [0.05, 0.1) is 17.6 Å². The van der Waals surface area contributed by atoms with Crippen molar-refractivity contribution >= 4 is 16.9 Å². The number of carbonyl (C=O) groups is 1. The molecule has 1 aliphatic rings. The van der Waals surface area contributed by atoms with Crippen LogP contribution in [0.2, 0.25) is 0 Å². The van der Waals surface area contributed by atoms with Crippen molar-refractivity contribution in [2.24, 2.45) is 0 Å². The van der Waals surface area contributed by atoms with Gasteiger partial charge in [-0.2, -0.15) is 0 Å². The molecule has 110 valence electrons. The van der Waals surface area contributed by atoms with Gasteiger partial charge in [-0.25, -0.2) is 0 Å². The molecular formula is C19H17NO2. The van der Waals surface area contributed by atoms with E-state index in [0.717, 1.165) is 41.6 Å². The molecule has 4 rings (SSSR count). The zero-order chi connectivity index (χ0) is 15.1. The van der Waals surface area contributed by atoms with Crippen LogP contribution in [0.1, 0.15) is 17.5 Å². The lowest BCUT2D eigenvalue weighted by Crippen LogP contribution is -2.09. The molecule has 0 aliphatic carbocycles. The summed E-state index contributed by atoms with van der Waals surface area (Å²) < 4.78 is 2.32. The molecule has 2 heterocycles. The first kappa shape index (κ1) is 13.1. The van der Waals surface area contributed by atoms with Crippen molar-refractivity contribution in [2.75, 3.05) is 0 Å². The Hall–Kier alpha value is -2.55. The van der Waals surface area contributed by atoms with Crippen LogP contribution in [0, 0.1) is 0 Å². The fraction of sp³-hybridized carbons (Fsp3) is 0.211. The average molecular weight is 291 g/mol. The number of aliphatic carboxylic acids is 1. The van der Waals surface area contributed by atoms with Crippen molar-refractivity contribution in [3.63, 3.8) is 0 Å². The summed E-state index contributed by atoms with van der Waals surface area (Å²) in [6, 6.07) is 16.4. The average Bonchev–Trinajstić information content (AvgIpc) is 2.84. The van der Waals surface area contributed by atoms with Crippen LogP contribution in [0.4, 0.5) is 0 Å². The Bertz CT molecular complexity index is 862.